The molecule has 0 aliphatic heterocycles. The summed E-state index contributed by atoms with van der Waals surface area (Å²) in [5.41, 5.74) is 0. The standard InChI is InChI=1S/C10H22O3/c1-3-5-6-12-7-8-13-9-10(11)4-2/h10-11H,3-9H2,1-2H3. The Balaban J connectivity index is 2.91. The van der Waals surface area contributed by atoms with Gasteiger partial charge in [0.05, 0.1) is 25.9 Å². The van der Waals surface area contributed by atoms with Crippen molar-refractivity contribution in [3.63, 3.8) is 0 Å². The van der Waals surface area contributed by atoms with E-state index in [9.17, 15) is 0 Å². The van der Waals surface area contributed by atoms with Crippen molar-refractivity contribution >= 4 is 0 Å². The maximum atomic E-state index is 9.13. The van der Waals surface area contributed by atoms with Crippen molar-refractivity contribution in [2.24, 2.45) is 0 Å². The van der Waals surface area contributed by atoms with Gasteiger partial charge in [0.25, 0.3) is 0 Å². The molecule has 0 aliphatic rings. The first-order chi connectivity index (χ1) is 6.31. The molecule has 80 valence electrons. The van der Waals surface area contributed by atoms with Crippen molar-refractivity contribution < 1.29 is 14.6 Å². The van der Waals surface area contributed by atoms with Crippen LogP contribution in [0.2, 0.25) is 0 Å². The fourth-order valence-corrected chi connectivity index (χ4v) is 0.804. The van der Waals surface area contributed by atoms with Crippen LogP contribution in [-0.2, 0) is 9.47 Å². The minimum Gasteiger partial charge on any atom is -0.391 e. The van der Waals surface area contributed by atoms with Gasteiger partial charge in [0, 0.05) is 6.61 Å². The van der Waals surface area contributed by atoms with Crippen LogP contribution >= 0.6 is 0 Å². The summed E-state index contributed by atoms with van der Waals surface area (Å²) in [6, 6.07) is 0. The largest absolute Gasteiger partial charge is 0.391 e. The number of hydrogen-bond donors (Lipinski definition) is 1. The summed E-state index contributed by atoms with van der Waals surface area (Å²) in [5.74, 6) is 0. The Bertz CT molecular complexity index is 96.2. The Labute approximate surface area is 81.0 Å². The van der Waals surface area contributed by atoms with Gasteiger partial charge < -0.3 is 14.6 Å². The molecule has 0 radical (unpaired) electrons. The van der Waals surface area contributed by atoms with Crippen LogP contribution in [0.5, 0.6) is 0 Å². The maximum absolute atomic E-state index is 9.13. The summed E-state index contributed by atoms with van der Waals surface area (Å²) in [4.78, 5) is 0. The molecule has 0 fully saturated rings. The predicted molar refractivity (Wildman–Crippen MR) is 52.8 cm³/mol. The number of aliphatic hydroxyl groups excluding tert-OH is 1. The third-order valence-electron chi connectivity index (χ3n) is 1.80. The molecule has 3 nitrogen and oxygen atoms in total. The summed E-state index contributed by atoms with van der Waals surface area (Å²) in [6.45, 7) is 6.53. The molecule has 0 bridgehead atoms. The first-order valence-electron chi connectivity index (χ1n) is 5.14. The Morgan fingerprint density at radius 3 is 2.38 bits per heavy atom. The lowest BCUT2D eigenvalue weighted by Gasteiger charge is -2.08. The van der Waals surface area contributed by atoms with Gasteiger partial charge in [0.1, 0.15) is 0 Å². The zero-order valence-electron chi connectivity index (χ0n) is 8.79. The SMILES string of the molecule is CCCCOCCOCC(O)CC. The second-order valence-electron chi connectivity index (χ2n) is 3.10. The van der Waals surface area contributed by atoms with Crippen molar-refractivity contribution in [3.8, 4) is 0 Å². The molecule has 1 atom stereocenters. The van der Waals surface area contributed by atoms with E-state index in [1.54, 1.807) is 0 Å². The minimum absolute atomic E-state index is 0.323. The summed E-state index contributed by atoms with van der Waals surface area (Å²) in [7, 11) is 0. The summed E-state index contributed by atoms with van der Waals surface area (Å²) < 4.78 is 10.5. The van der Waals surface area contributed by atoms with Crippen molar-refractivity contribution in [2.75, 3.05) is 26.4 Å². The average Bonchev–Trinajstić information content (AvgIpc) is 2.16. The van der Waals surface area contributed by atoms with Gasteiger partial charge in [-0.3, -0.25) is 0 Å². The lowest BCUT2D eigenvalue weighted by atomic mass is 10.3. The van der Waals surface area contributed by atoms with E-state index >= 15 is 0 Å². The molecule has 13 heavy (non-hydrogen) atoms. The van der Waals surface area contributed by atoms with Gasteiger partial charge in [0.2, 0.25) is 0 Å². The van der Waals surface area contributed by atoms with Crippen LogP contribution in [0.25, 0.3) is 0 Å². The maximum Gasteiger partial charge on any atom is 0.0771 e. The van der Waals surface area contributed by atoms with E-state index < -0.39 is 0 Å². The number of unbranched alkanes of at least 4 members (excludes halogenated alkanes) is 1. The Hall–Kier alpha value is -0.120. The van der Waals surface area contributed by atoms with Crippen LogP contribution in [0.1, 0.15) is 33.1 Å². The van der Waals surface area contributed by atoms with Crippen LogP contribution in [0.4, 0.5) is 0 Å². The van der Waals surface area contributed by atoms with E-state index in [-0.39, 0.29) is 6.10 Å². The molecule has 0 aliphatic carbocycles. The molecular formula is C10H22O3. The molecule has 3 heteroatoms. The van der Waals surface area contributed by atoms with Crippen LogP contribution in [0.3, 0.4) is 0 Å². The van der Waals surface area contributed by atoms with Gasteiger partial charge in [-0.05, 0) is 12.8 Å². The number of ether oxygens (including phenoxy) is 2. The monoisotopic (exact) mass is 190 g/mol. The van der Waals surface area contributed by atoms with Crippen LogP contribution in [-0.4, -0.2) is 37.6 Å². The second kappa shape index (κ2) is 9.96. The molecule has 0 aromatic rings. The fourth-order valence-electron chi connectivity index (χ4n) is 0.804. The van der Waals surface area contributed by atoms with Crippen molar-refractivity contribution in [1.29, 1.82) is 0 Å². The smallest absolute Gasteiger partial charge is 0.0771 e. The lowest BCUT2D eigenvalue weighted by molar-refractivity contribution is 0.00257. The molecule has 0 aromatic carbocycles. The minimum atomic E-state index is -0.323. The topological polar surface area (TPSA) is 38.7 Å². The number of rotatable bonds is 9. The first-order valence-corrected chi connectivity index (χ1v) is 5.14. The van der Waals surface area contributed by atoms with Gasteiger partial charge in [-0.25, -0.2) is 0 Å². The van der Waals surface area contributed by atoms with E-state index in [1.165, 1.54) is 0 Å². The summed E-state index contributed by atoms with van der Waals surface area (Å²) in [6.07, 6.45) is 2.69. The van der Waals surface area contributed by atoms with Crippen LogP contribution < -0.4 is 0 Å². The molecular weight excluding hydrogens is 168 g/mol. The summed E-state index contributed by atoms with van der Waals surface area (Å²) in [5, 5.41) is 9.13. The highest BCUT2D eigenvalue weighted by atomic mass is 16.5. The van der Waals surface area contributed by atoms with Gasteiger partial charge in [-0.15, -0.1) is 0 Å². The molecule has 0 spiro atoms. The van der Waals surface area contributed by atoms with E-state index in [0.717, 1.165) is 25.9 Å². The molecule has 0 rings (SSSR count). The van der Waals surface area contributed by atoms with E-state index in [2.05, 4.69) is 6.92 Å². The highest BCUT2D eigenvalue weighted by molar-refractivity contribution is 4.47. The summed E-state index contributed by atoms with van der Waals surface area (Å²) >= 11 is 0. The fraction of sp³-hybridized carbons (Fsp3) is 1.00. The van der Waals surface area contributed by atoms with Gasteiger partial charge in [0.15, 0.2) is 0 Å². The van der Waals surface area contributed by atoms with E-state index in [4.69, 9.17) is 14.6 Å². The number of aliphatic hydroxyl groups is 1. The molecule has 1 unspecified atom stereocenters. The Morgan fingerprint density at radius 2 is 1.77 bits per heavy atom. The van der Waals surface area contributed by atoms with Gasteiger partial charge >= 0.3 is 0 Å². The van der Waals surface area contributed by atoms with Crippen molar-refractivity contribution in [3.05, 3.63) is 0 Å². The lowest BCUT2D eigenvalue weighted by Crippen LogP contribution is -2.16. The first kappa shape index (κ1) is 12.9. The van der Waals surface area contributed by atoms with Gasteiger partial charge in [-0.1, -0.05) is 20.3 Å². The predicted octanol–water partition coefficient (Wildman–Crippen LogP) is 1.59. The van der Waals surface area contributed by atoms with E-state index in [0.29, 0.717) is 19.8 Å². The highest BCUT2D eigenvalue weighted by Gasteiger charge is 1.99. The molecule has 0 aromatic heterocycles. The molecule has 0 heterocycles. The third kappa shape index (κ3) is 9.80. The Morgan fingerprint density at radius 1 is 1.08 bits per heavy atom. The second-order valence-corrected chi connectivity index (χ2v) is 3.10. The van der Waals surface area contributed by atoms with Crippen molar-refractivity contribution in [2.45, 2.75) is 39.2 Å². The molecule has 1 N–H and O–H groups in total. The van der Waals surface area contributed by atoms with Crippen LogP contribution in [0, 0.1) is 0 Å². The average molecular weight is 190 g/mol. The zero-order chi connectivity index (χ0) is 9.94. The van der Waals surface area contributed by atoms with E-state index in [1.807, 2.05) is 6.92 Å². The normalized spacial score (nSPS) is 13.2. The third-order valence-corrected chi connectivity index (χ3v) is 1.80. The Kier molecular flexibility index (Phi) is 9.87. The van der Waals surface area contributed by atoms with Crippen molar-refractivity contribution in [1.82, 2.24) is 0 Å². The molecule has 0 amide bonds. The molecule has 0 saturated carbocycles. The number of hydrogen-bond acceptors (Lipinski definition) is 3. The molecule has 0 saturated heterocycles. The zero-order valence-corrected chi connectivity index (χ0v) is 8.79. The van der Waals surface area contributed by atoms with Crippen LogP contribution in [0.15, 0.2) is 0 Å². The highest BCUT2D eigenvalue weighted by Crippen LogP contribution is 1.91. The quantitative estimate of drug-likeness (QED) is 0.561. The van der Waals surface area contributed by atoms with Gasteiger partial charge in [-0.2, -0.15) is 0 Å².